The van der Waals surface area contributed by atoms with Crippen molar-refractivity contribution < 1.29 is 9.59 Å². The van der Waals surface area contributed by atoms with Crippen LogP contribution in [0.15, 0.2) is 30.3 Å². The second-order valence-corrected chi connectivity index (χ2v) is 6.50. The lowest BCUT2D eigenvalue weighted by molar-refractivity contribution is -0.142. The molecule has 2 amide bonds. The highest BCUT2D eigenvalue weighted by atomic mass is 35.5. The first-order valence-electron chi connectivity index (χ1n) is 8.91. The molecule has 6 heteroatoms. The number of nitrogens with two attached hydrogens (primary N) is 1. The van der Waals surface area contributed by atoms with Gasteiger partial charge in [-0.2, -0.15) is 0 Å². The van der Waals surface area contributed by atoms with Crippen LogP contribution in [0.5, 0.6) is 0 Å². The highest BCUT2D eigenvalue weighted by molar-refractivity contribution is 5.94. The van der Waals surface area contributed by atoms with Crippen molar-refractivity contribution in [2.75, 3.05) is 32.7 Å². The Balaban J connectivity index is 0.00000312. The molecule has 1 fully saturated rings. The van der Waals surface area contributed by atoms with E-state index < -0.39 is 5.41 Å². The summed E-state index contributed by atoms with van der Waals surface area (Å²) in [6.45, 7) is 6.97. The Hall–Kier alpha value is -1.59. The van der Waals surface area contributed by atoms with Crippen molar-refractivity contribution in [3.05, 3.63) is 35.9 Å². The summed E-state index contributed by atoms with van der Waals surface area (Å²) in [4.78, 5) is 29.3. The fraction of sp³-hybridized carbons (Fsp3) is 0.579. The Labute approximate surface area is 157 Å². The lowest BCUT2D eigenvalue weighted by atomic mass is 9.81. The maximum absolute atomic E-state index is 13.0. The van der Waals surface area contributed by atoms with Gasteiger partial charge in [-0.1, -0.05) is 32.0 Å². The third-order valence-electron chi connectivity index (χ3n) is 5.29. The van der Waals surface area contributed by atoms with Gasteiger partial charge in [-0.3, -0.25) is 9.59 Å². The van der Waals surface area contributed by atoms with Gasteiger partial charge in [0.15, 0.2) is 0 Å². The second kappa shape index (κ2) is 9.78. The molecule has 0 unspecified atom stereocenters. The molecule has 2 rings (SSSR count). The number of hydrogen-bond donors (Lipinski definition) is 1. The number of rotatable bonds is 5. The zero-order valence-electron chi connectivity index (χ0n) is 15.2. The van der Waals surface area contributed by atoms with Gasteiger partial charge in [0.1, 0.15) is 0 Å². The van der Waals surface area contributed by atoms with Gasteiger partial charge in [-0.15, -0.1) is 12.4 Å². The first kappa shape index (κ1) is 21.5. The molecule has 140 valence electrons. The van der Waals surface area contributed by atoms with Crippen molar-refractivity contribution >= 4 is 24.2 Å². The minimum Gasteiger partial charge on any atom is -0.340 e. The number of hydrogen-bond acceptors (Lipinski definition) is 3. The van der Waals surface area contributed by atoms with E-state index in [1.54, 1.807) is 0 Å². The smallest absolute Gasteiger partial charge is 0.253 e. The van der Waals surface area contributed by atoms with E-state index in [2.05, 4.69) is 0 Å². The van der Waals surface area contributed by atoms with Crippen molar-refractivity contribution in [1.29, 1.82) is 0 Å². The van der Waals surface area contributed by atoms with E-state index in [0.29, 0.717) is 38.3 Å². The van der Waals surface area contributed by atoms with Gasteiger partial charge < -0.3 is 15.5 Å². The fourth-order valence-electron chi connectivity index (χ4n) is 3.35. The Morgan fingerprint density at radius 3 is 2.12 bits per heavy atom. The van der Waals surface area contributed by atoms with Gasteiger partial charge in [0, 0.05) is 38.3 Å². The summed E-state index contributed by atoms with van der Waals surface area (Å²) in [6, 6.07) is 9.33. The van der Waals surface area contributed by atoms with Crippen molar-refractivity contribution in [3.8, 4) is 0 Å². The second-order valence-electron chi connectivity index (χ2n) is 6.50. The number of carbonyl (C=O) groups is 2. The van der Waals surface area contributed by atoms with Gasteiger partial charge in [0.05, 0.1) is 5.41 Å². The average molecular weight is 368 g/mol. The van der Waals surface area contributed by atoms with Gasteiger partial charge in [-0.25, -0.2) is 0 Å². The quantitative estimate of drug-likeness (QED) is 0.869. The van der Waals surface area contributed by atoms with Crippen molar-refractivity contribution in [1.82, 2.24) is 9.80 Å². The molecule has 0 spiro atoms. The van der Waals surface area contributed by atoms with E-state index in [0.717, 1.165) is 19.3 Å². The van der Waals surface area contributed by atoms with Gasteiger partial charge in [-0.05, 0) is 31.4 Å². The predicted octanol–water partition coefficient (Wildman–Crippen LogP) is 2.55. The summed E-state index contributed by atoms with van der Waals surface area (Å²) in [5, 5.41) is 0. The summed E-state index contributed by atoms with van der Waals surface area (Å²) < 4.78 is 0. The first-order chi connectivity index (χ1) is 11.6. The average Bonchev–Trinajstić information content (AvgIpc) is 2.89. The van der Waals surface area contributed by atoms with Crippen LogP contribution in [-0.4, -0.2) is 54.3 Å². The van der Waals surface area contributed by atoms with E-state index >= 15 is 0 Å². The number of halogens is 1. The summed E-state index contributed by atoms with van der Waals surface area (Å²) in [5.41, 5.74) is 6.16. The number of benzene rings is 1. The molecule has 0 aromatic heterocycles. The van der Waals surface area contributed by atoms with Crippen LogP contribution in [-0.2, 0) is 4.79 Å². The molecule has 5 nitrogen and oxygen atoms in total. The molecule has 1 heterocycles. The summed E-state index contributed by atoms with van der Waals surface area (Å²) in [6.07, 6.45) is 2.31. The van der Waals surface area contributed by atoms with Gasteiger partial charge >= 0.3 is 0 Å². The lowest BCUT2D eigenvalue weighted by Gasteiger charge is -2.34. The maximum atomic E-state index is 13.0. The van der Waals surface area contributed by atoms with Crippen molar-refractivity contribution in [2.24, 2.45) is 11.1 Å². The fourth-order valence-corrected chi connectivity index (χ4v) is 3.35. The molecule has 0 saturated carbocycles. The topological polar surface area (TPSA) is 66.6 Å². The van der Waals surface area contributed by atoms with E-state index in [1.165, 1.54) is 0 Å². The van der Waals surface area contributed by atoms with Crippen LogP contribution in [0.2, 0.25) is 0 Å². The van der Waals surface area contributed by atoms with E-state index in [9.17, 15) is 9.59 Å². The third-order valence-corrected chi connectivity index (χ3v) is 5.29. The van der Waals surface area contributed by atoms with Gasteiger partial charge in [0.2, 0.25) is 5.91 Å². The van der Waals surface area contributed by atoms with Gasteiger partial charge in [0.25, 0.3) is 5.91 Å². The van der Waals surface area contributed by atoms with Crippen LogP contribution in [0.3, 0.4) is 0 Å². The van der Waals surface area contributed by atoms with E-state index in [1.807, 2.05) is 54.0 Å². The molecule has 1 saturated heterocycles. The summed E-state index contributed by atoms with van der Waals surface area (Å²) in [5.74, 6) is 0.185. The van der Waals surface area contributed by atoms with E-state index in [-0.39, 0.29) is 24.2 Å². The molecule has 0 atom stereocenters. The molecule has 1 aromatic rings. The molecule has 0 aliphatic carbocycles. The summed E-state index contributed by atoms with van der Waals surface area (Å²) in [7, 11) is 0. The minimum absolute atomic E-state index is 0. The highest BCUT2D eigenvalue weighted by Gasteiger charge is 2.37. The van der Waals surface area contributed by atoms with Crippen LogP contribution in [0, 0.1) is 5.41 Å². The first-order valence-corrected chi connectivity index (χ1v) is 8.91. The highest BCUT2D eigenvalue weighted by Crippen LogP contribution is 2.28. The zero-order valence-corrected chi connectivity index (χ0v) is 16.1. The minimum atomic E-state index is -0.460. The van der Waals surface area contributed by atoms with Crippen LogP contribution >= 0.6 is 12.4 Å². The number of carbonyl (C=O) groups excluding carboxylic acids is 2. The van der Waals surface area contributed by atoms with E-state index in [4.69, 9.17) is 5.73 Å². The molecule has 1 aromatic carbocycles. The van der Waals surface area contributed by atoms with Crippen LogP contribution < -0.4 is 5.73 Å². The Bertz CT molecular complexity index is 553. The molecule has 2 N–H and O–H groups in total. The molecular weight excluding hydrogens is 338 g/mol. The van der Waals surface area contributed by atoms with Crippen molar-refractivity contribution in [3.63, 3.8) is 0 Å². The molecule has 0 bridgehead atoms. The Kier molecular flexibility index (Phi) is 8.39. The Morgan fingerprint density at radius 2 is 1.56 bits per heavy atom. The zero-order chi connectivity index (χ0) is 17.6. The Morgan fingerprint density at radius 1 is 1.00 bits per heavy atom. The third kappa shape index (κ3) is 4.73. The largest absolute Gasteiger partial charge is 0.340 e. The predicted molar refractivity (Wildman–Crippen MR) is 103 cm³/mol. The molecular formula is C19H30ClN3O2. The summed E-state index contributed by atoms with van der Waals surface area (Å²) >= 11 is 0. The maximum Gasteiger partial charge on any atom is 0.253 e. The molecule has 25 heavy (non-hydrogen) atoms. The molecule has 1 aliphatic heterocycles. The molecule has 1 aliphatic rings. The van der Waals surface area contributed by atoms with Crippen molar-refractivity contribution in [2.45, 2.75) is 33.1 Å². The van der Waals surface area contributed by atoms with Crippen LogP contribution in [0.1, 0.15) is 43.5 Å². The monoisotopic (exact) mass is 367 g/mol. The molecule has 0 radical (unpaired) electrons. The number of nitrogens with zero attached hydrogens (tertiary/aromatic N) is 2. The normalized spacial score (nSPS) is 15.3. The SMILES string of the molecule is CCC(CC)(CN)C(=O)N1CCCN(C(=O)c2ccccc2)CC1.Cl. The lowest BCUT2D eigenvalue weighted by Crippen LogP contribution is -2.48. The number of amides is 2. The standard InChI is InChI=1S/C19H29N3O2.ClH/c1-3-19(4-2,15-20)18(24)22-12-8-11-21(13-14-22)17(23)16-9-6-5-7-10-16;/h5-7,9-10H,3-4,8,11-15,20H2,1-2H3;1H. The van der Waals surface area contributed by atoms with Crippen LogP contribution in [0.4, 0.5) is 0 Å². The van der Waals surface area contributed by atoms with Crippen LogP contribution in [0.25, 0.3) is 0 Å².